The Labute approximate surface area is 146 Å². The van der Waals surface area contributed by atoms with Crippen LogP contribution in [-0.2, 0) is 9.53 Å². The highest BCUT2D eigenvalue weighted by atomic mass is 19.3. The highest BCUT2D eigenvalue weighted by molar-refractivity contribution is 6.05. The van der Waals surface area contributed by atoms with Gasteiger partial charge in [-0.05, 0) is 31.2 Å². The van der Waals surface area contributed by atoms with E-state index in [-0.39, 0.29) is 5.56 Å². The van der Waals surface area contributed by atoms with Crippen LogP contribution in [0.2, 0.25) is 0 Å². The average molecular weight is 370 g/mol. The second-order valence-corrected chi connectivity index (χ2v) is 5.13. The molecule has 0 aliphatic heterocycles. The maximum atomic E-state index is 14.4. The lowest BCUT2D eigenvalue weighted by Crippen LogP contribution is -2.30. The van der Waals surface area contributed by atoms with E-state index < -0.39 is 47.5 Å². The Morgan fingerprint density at radius 3 is 2.27 bits per heavy atom. The van der Waals surface area contributed by atoms with Crippen LogP contribution in [0.1, 0.15) is 17.3 Å². The smallest absolute Gasteiger partial charge is 0.319 e. The maximum Gasteiger partial charge on any atom is 0.346 e. The predicted molar refractivity (Wildman–Crippen MR) is 85.9 cm³/mol. The largest absolute Gasteiger partial charge is 0.346 e. The van der Waals surface area contributed by atoms with E-state index >= 15 is 0 Å². The Morgan fingerprint density at radius 2 is 1.65 bits per heavy atom. The summed E-state index contributed by atoms with van der Waals surface area (Å²) in [6.07, 6.45) is -1.64. The van der Waals surface area contributed by atoms with Crippen LogP contribution in [0, 0.1) is 11.6 Å². The standard InChI is InChI=1S/C17H14F4N2O3/c1-9(26-17(20)21)15(24)23-14-11(18)7-8-12(13(14)19)22-16(25)10-5-3-2-4-6-10/h2-9,17H,1H3,(H,22,25)(H,23,24). The van der Waals surface area contributed by atoms with Gasteiger partial charge in [0, 0.05) is 5.56 Å². The summed E-state index contributed by atoms with van der Waals surface area (Å²) in [5.74, 6) is -4.22. The third-order valence-corrected chi connectivity index (χ3v) is 3.30. The molecule has 0 saturated heterocycles. The minimum Gasteiger partial charge on any atom is -0.319 e. The number of carbonyl (C=O) groups excluding carboxylic acids is 2. The summed E-state index contributed by atoms with van der Waals surface area (Å²) in [4.78, 5) is 23.8. The average Bonchev–Trinajstić information content (AvgIpc) is 2.61. The molecule has 0 spiro atoms. The van der Waals surface area contributed by atoms with Crippen molar-refractivity contribution < 1.29 is 31.9 Å². The molecule has 0 aliphatic rings. The second-order valence-electron chi connectivity index (χ2n) is 5.13. The summed E-state index contributed by atoms with van der Waals surface area (Å²) in [6, 6.07) is 9.66. The Kier molecular flexibility index (Phi) is 6.29. The molecule has 2 aromatic rings. The quantitative estimate of drug-likeness (QED) is 0.761. The number of nitrogens with one attached hydrogen (secondary N) is 2. The maximum absolute atomic E-state index is 14.4. The van der Waals surface area contributed by atoms with Gasteiger partial charge in [-0.3, -0.25) is 9.59 Å². The molecular weight excluding hydrogens is 356 g/mol. The summed E-state index contributed by atoms with van der Waals surface area (Å²) < 4.78 is 56.4. The van der Waals surface area contributed by atoms with Crippen LogP contribution in [0.15, 0.2) is 42.5 Å². The fraction of sp³-hybridized carbons (Fsp3) is 0.176. The van der Waals surface area contributed by atoms with Crippen LogP contribution in [0.4, 0.5) is 28.9 Å². The fourth-order valence-corrected chi connectivity index (χ4v) is 1.99. The number of ether oxygens (including phenoxy) is 1. The molecule has 0 aromatic heterocycles. The van der Waals surface area contributed by atoms with Crippen molar-refractivity contribution in [3.05, 3.63) is 59.7 Å². The number of alkyl halides is 2. The minimum absolute atomic E-state index is 0.237. The van der Waals surface area contributed by atoms with Gasteiger partial charge in [0.2, 0.25) is 0 Å². The van der Waals surface area contributed by atoms with Crippen molar-refractivity contribution in [1.82, 2.24) is 0 Å². The molecule has 2 aromatic carbocycles. The first kappa shape index (κ1) is 19.4. The van der Waals surface area contributed by atoms with Crippen LogP contribution < -0.4 is 10.6 Å². The number of hydrogen-bond donors (Lipinski definition) is 2. The van der Waals surface area contributed by atoms with Crippen molar-refractivity contribution in [1.29, 1.82) is 0 Å². The van der Waals surface area contributed by atoms with Crippen LogP contribution in [0.5, 0.6) is 0 Å². The molecule has 2 N–H and O–H groups in total. The number of carbonyl (C=O) groups is 2. The molecule has 1 atom stereocenters. The van der Waals surface area contributed by atoms with Crippen LogP contribution in [-0.4, -0.2) is 24.5 Å². The number of anilines is 2. The SMILES string of the molecule is CC(OC(F)F)C(=O)Nc1c(F)ccc(NC(=O)c2ccccc2)c1F. The summed E-state index contributed by atoms with van der Waals surface area (Å²) in [5, 5.41) is 4.08. The van der Waals surface area contributed by atoms with Gasteiger partial charge in [-0.15, -0.1) is 0 Å². The summed E-state index contributed by atoms with van der Waals surface area (Å²) in [5.41, 5.74) is -1.04. The molecule has 1 unspecified atom stereocenters. The van der Waals surface area contributed by atoms with Gasteiger partial charge in [0.25, 0.3) is 11.8 Å². The zero-order valence-electron chi connectivity index (χ0n) is 13.4. The first-order valence-corrected chi connectivity index (χ1v) is 7.38. The summed E-state index contributed by atoms with van der Waals surface area (Å²) in [6.45, 7) is -2.22. The van der Waals surface area contributed by atoms with Crippen molar-refractivity contribution in [2.24, 2.45) is 0 Å². The number of amides is 2. The third-order valence-electron chi connectivity index (χ3n) is 3.30. The summed E-state index contributed by atoms with van der Waals surface area (Å²) >= 11 is 0. The van der Waals surface area contributed by atoms with E-state index in [0.717, 1.165) is 19.1 Å². The van der Waals surface area contributed by atoms with Crippen LogP contribution in [0.3, 0.4) is 0 Å². The molecule has 0 radical (unpaired) electrons. The molecule has 9 heteroatoms. The molecule has 0 saturated carbocycles. The van der Waals surface area contributed by atoms with Crippen molar-refractivity contribution >= 4 is 23.2 Å². The van der Waals surface area contributed by atoms with E-state index in [0.29, 0.717) is 0 Å². The fourth-order valence-electron chi connectivity index (χ4n) is 1.99. The molecule has 138 valence electrons. The topological polar surface area (TPSA) is 67.4 Å². The molecule has 5 nitrogen and oxygen atoms in total. The number of benzene rings is 2. The highest BCUT2D eigenvalue weighted by Crippen LogP contribution is 2.26. The zero-order chi connectivity index (χ0) is 19.3. The van der Waals surface area contributed by atoms with Gasteiger partial charge in [-0.25, -0.2) is 8.78 Å². The molecule has 2 amide bonds. The number of rotatable bonds is 6. The van der Waals surface area contributed by atoms with E-state index in [2.05, 4.69) is 10.1 Å². The molecule has 2 rings (SSSR count). The third kappa shape index (κ3) is 4.79. The Morgan fingerprint density at radius 1 is 1.00 bits per heavy atom. The van der Waals surface area contributed by atoms with Crippen LogP contribution >= 0.6 is 0 Å². The van der Waals surface area contributed by atoms with Crippen LogP contribution in [0.25, 0.3) is 0 Å². The van der Waals surface area contributed by atoms with E-state index in [9.17, 15) is 27.2 Å². The van der Waals surface area contributed by atoms with Gasteiger partial charge < -0.3 is 15.4 Å². The van der Waals surface area contributed by atoms with Gasteiger partial charge in [-0.1, -0.05) is 18.2 Å². The lowest BCUT2D eigenvalue weighted by Gasteiger charge is -2.15. The van der Waals surface area contributed by atoms with Crippen molar-refractivity contribution in [2.75, 3.05) is 10.6 Å². The Balaban J connectivity index is 2.20. The zero-order valence-corrected chi connectivity index (χ0v) is 13.4. The number of halogens is 4. The van der Waals surface area contributed by atoms with Gasteiger partial charge in [-0.2, -0.15) is 8.78 Å². The van der Waals surface area contributed by atoms with Crippen molar-refractivity contribution in [3.63, 3.8) is 0 Å². The Hall–Kier alpha value is -2.94. The van der Waals surface area contributed by atoms with Gasteiger partial charge in [0.05, 0.1) is 5.69 Å². The van der Waals surface area contributed by atoms with Gasteiger partial charge >= 0.3 is 6.61 Å². The van der Waals surface area contributed by atoms with E-state index in [1.54, 1.807) is 18.2 Å². The molecular formula is C17H14F4N2O3. The highest BCUT2D eigenvalue weighted by Gasteiger charge is 2.23. The van der Waals surface area contributed by atoms with Gasteiger partial charge in [0.1, 0.15) is 17.6 Å². The summed E-state index contributed by atoms with van der Waals surface area (Å²) in [7, 11) is 0. The first-order valence-electron chi connectivity index (χ1n) is 7.38. The molecule has 0 heterocycles. The van der Waals surface area contributed by atoms with Crippen molar-refractivity contribution in [3.8, 4) is 0 Å². The lowest BCUT2D eigenvalue weighted by atomic mass is 10.2. The first-order chi connectivity index (χ1) is 12.3. The molecule has 0 fully saturated rings. The van der Waals surface area contributed by atoms with E-state index in [1.165, 1.54) is 12.1 Å². The second kappa shape index (κ2) is 8.43. The minimum atomic E-state index is -3.22. The predicted octanol–water partition coefficient (Wildman–Crippen LogP) is 3.78. The van der Waals surface area contributed by atoms with E-state index in [4.69, 9.17) is 0 Å². The lowest BCUT2D eigenvalue weighted by molar-refractivity contribution is -0.168. The normalized spacial score (nSPS) is 11.9. The molecule has 0 aliphatic carbocycles. The van der Waals surface area contributed by atoms with Gasteiger partial charge in [0.15, 0.2) is 5.82 Å². The number of hydrogen-bond acceptors (Lipinski definition) is 3. The molecule has 0 bridgehead atoms. The van der Waals surface area contributed by atoms with E-state index in [1.807, 2.05) is 5.32 Å². The Bertz CT molecular complexity index is 800. The monoisotopic (exact) mass is 370 g/mol. The molecule has 26 heavy (non-hydrogen) atoms. The van der Waals surface area contributed by atoms with Crippen molar-refractivity contribution in [2.45, 2.75) is 19.6 Å².